The third-order valence-electron chi connectivity index (χ3n) is 3.90. The lowest BCUT2D eigenvalue weighted by atomic mass is 9.94. The summed E-state index contributed by atoms with van der Waals surface area (Å²) in [4.78, 5) is 4.71. The van der Waals surface area contributed by atoms with Gasteiger partial charge >= 0.3 is 0 Å². The normalized spacial score (nSPS) is 14.6. The summed E-state index contributed by atoms with van der Waals surface area (Å²) in [5.74, 6) is 0.594. The van der Waals surface area contributed by atoms with Crippen molar-refractivity contribution in [3.05, 3.63) is 35.9 Å². The number of hydrogen-bond donors (Lipinski definition) is 1. The van der Waals surface area contributed by atoms with E-state index in [1.165, 1.54) is 12.0 Å². The third kappa shape index (κ3) is 7.07. The first-order valence-corrected chi connectivity index (χ1v) is 8.16. The third-order valence-corrected chi connectivity index (χ3v) is 3.90. The van der Waals surface area contributed by atoms with Crippen molar-refractivity contribution in [1.29, 1.82) is 0 Å². The summed E-state index contributed by atoms with van der Waals surface area (Å²) in [5, 5.41) is 3.64. The van der Waals surface area contributed by atoms with Crippen LogP contribution in [-0.2, 0) is 0 Å². The van der Waals surface area contributed by atoms with Crippen molar-refractivity contribution in [2.24, 2.45) is 5.92 Å². The highest BCUT2D eigenvalue weighted by Crippen LogP contribution is 2.22. The van der Waals surface area contributed by atoms with Crippen LogP contribution in [0.5, 0.6) is 0 Å². The van der Waals surface area contributed by atoms with E-state index >= 15 is 0 Å². The highest BCUT2D eigenvalue weighted by molar-refractivity contribution is 5.19. The Hall–Kier alpha value is -0.900. The van der Waals surface area contributed by atoms with Crippen LogP contribution in [0, 0.1) is 5.92 Å². The Kier molecular flexibility index (Phi) is 8.58. The van der Waals surface area contributed by atoms with Crippen molar-refractivity contribution in [2.75, 3.05) is 47.3 Å². The van der Waals surface area contributed by atoms with Crippen molar-refractivity contribution in [3.8, 4) is 0 Å². The van der Waals surface area contributed by atoms with Gasteiger partial charge in [-0.2, -0.15) is 0 Å². The highest BCUT2D eigenvalue weighted by Gasteiger charge is 2.19. The Morgan fingerprint density at radius 3 is 2.29 bits per heavy atom. The first kappa shape index (κ1) is 18.1. The fraction of sp³-hybridized carbons (Fsp3) is 0.667. The Bertz CT molecular complexity index is 364. The van der Waals surface area contributed by atoms with Crippen LogP contribution in [0.15, 0.2) is 30.3 Å². The van der Waals surface area contributed by atoms with Crippen LogP contribution in [-0.4, -0.2) is 57.1 Å². The topological polar surface area (TPSA) is 18.5 Å². The molecular weight excluding hydrogens is 258 g/mol. The molecule has 0 radical (unpaired) electrons. The van der Waals surface area contributed by atoms with E-state index in [1.807, 2.05) is 0 Å². The maximum absolute atomic E-state index is 3.64. The van der Waals surface area contributed by atoms with Crippen LogP contribution < -0.4 is 5.32 Å². The maximum atomic E-state index is 3.64. The molecule has 0 saturated heterocycles. The summed E-state index contributed by atoms with van der Waals surface area (Å²) < 4.78 is 0. The van der Waals surface area contributed by atoms with Gasteiger partial charge in [-0.15, -0.1) is 0 Å². The SMILES string of the molecule is CCNC(c1ccccc1)C(C)CN(C)CCCN(C)C. The molecule has 0 heterocycles. The van der Waals surface area contributed by atoms with Gasteiger partial charge in [-0.25, -0.2) is 0 Å². The van der Waals surface area contributed by atoms with E-state index in [0.717, 1.165) is 26.2 Å². The van der Waals surface area contributed by atoms with Gasteiger partial charge in [-0.05, 0) is 58.7 Å². The molecule has 0 aliphatic rings. The molecule has 120 valence electrons. The molecule has 1 aromatic rings. The fourth-order valence-corrected chi connectivity index (χ4v) is 2.87. The second kappa shape index (κ2) is 9.93. The lowest BCUT2D eigenvalue weighted by Gasteiger charge is -2.29. The minimum atomic E-state index is 0.437. The number of nitrogens with zero attached hydrogens (tertiary/aromatic N) is 2. The zero-order chi connectivity index (χ0) is 15.7. The van der Waals surface area contributed by atoms with Crippen LogP contribution in [0.25, 0.3) is 0 Å². The molecule has 1 N–H and O–H groups in total. The largest absolute Gasteiger partial charge is 0.310 e. The predicted molar refractivity (Wildman–Crippen MR) is 92.7 cm³/mol. The van der Waals surface area contributed by atoms with Gasteiger partial charge in [0.2, 0.25) is 0 Å². The number of rotatable bonds is 10. The summed E-state index contributed by atoms with van der Waals surface area (Å²) in [6, 6.07) is 11.3. The van der Waals surface area contributed by atoms with E-state index in [1.54, 1.807) is 0 Å². The molecular formula is C18H33N3. The van der Waals surface area contributed by atoms with Crippen LogP contribution in [0.4, 0.5) is 0 Å². The van der Waals surface area contributed by atoms with Crippen molar-refractivity contribution >= 4 is 0 Å². The van der Waals surface area contributed by atoms with E-state index in [4.69, 9.17) is 0 Å². The molecule has 3 heteroatoms. The van der Waals surface area contributed by atoms with E-state index in [-0.39, 0.29) is 0 Å². The molecule has 1 aromatic carbocycles. The number of nitrogens with one attached hydrogen (secondary N) is 1. The van der Waals surface area contributed by atoms with Crippen LogP contribution in [0.1, 0.15) is 31.9 Å². The van der Waals surface area contributed by atoms with Crippen molar-refractivity contribution in [3.63, 3.8) is 0 Å². The van der Waals surface area contributed by atoms with Gasteiger partial charge in [0.25, 0.3) is 0 Å². The first-order chi connectivity index (χ1) is 10.0. The molecule has 2 atom stereocenters. The predicted octanol–water partition coefficient (Wildman–Crippen LogP) is 2.86. The van der Waals surface area contributed by atoms with Crippen LogP contribution in [0.3, 0.4) is 0 Å². The summed E-state index contributed by atoms with van der Waals surface area (Å²) >= 11 is 0. The summed E-state index contributed by atoms with van der Waals surface area (Å²) in [5.41, 5.74) is 1.40. The summed E-state index contributed by atoms with van der Waals surface area (Å²) in [6.45, 7) is 8.99. The molecule has 0 saturated carbocycles. The van der Waals surface area contributed by atoms with E-state index in [9.17, 15) is 0 Å². The monoisotopic (exact) mass is 291 g/mol. The van der Waals surface area contributed by atoms with Gasteiger partial charge in [0.1, 0.15) is 0 Å². The minimum absolute atomic E-state index is 0.437. The Balaban J connectivity index is 2.51. The molecule has 0 amide bonds. The van der Waals surface area contributed by atoms with E-state index in [0.29, 0.717) is 12.0 Å². The molecule has 21 heavy (non-hydrogen) atoms. The minimum Gasteiger partial charge on any atom is -0.310 e. The molecule has 0 fully saturated rings. The second-order valence-corrected chi connectivity index (χ2v) is 6.34. The van der Waals surface area contributed by atoms with Crippen molar-refractivity contribution in [2.45, 2.75) is 26.3 Å². The van der Waals surface area contributed by atoms with Crippen molar-refractivity contribution < 1.29 is 0 Å². The lowest BCUT2D eigenvalue weighted by Crippen LogP contribution is -2.35. The number of benzene rings is 1. The smallest absolute Gasteiger partial charge is 0.0358 e. The molecule has 2 unspecified atom stereocenters. The molecule has 0 aliphatic carbocycles. The molecule has 0 spiro atoms. The second-order valence-electron chi connectivity index (χ2n) is 6.34. The summed E-state index contributed by atoms with van der Waals surface area (Å²) in [6.07, 6.45) is 1.23. The van der Waals surface area contributed by atoms with Gasteiger partial charge in [-0.1, -0.05) is 44.2 Å². The van der Waals surface area contributed by atoms with Gasteiger partial charge in [0, 0.05) is 12.6 Å². The quantitative estimate of drug-likeness (QED) is 0.715. The zero-order valence-electron chi connectivity index (χ0n) is 14.5. The molecule has 1 rings (SSSR count). The average molecular weight is 291 g/mol. The molecule has 0 bridgehead atoms. The maximum Gasteiger partial charge on any atom is 0.0358 e. The molecule has 3 nitrogen and oxygen atoms in total. The van der Waals surface area contributed by atoms with Gasteiger partial charge < -0.3 is 15.1 Å². The standard InChI is InChI=1S/C18H33N3/c1-6-19-18(17-11-8-7-9-12-17)16(2)15-21(5)14-10-13-20(3)4/h7-9,11-12,16,18-19H,6,10,13-15H2,1-5H3. The van der Waals surface area contributed by atoms with Crippen molar-refractivity contribution in [1.82, 2.24) is 15.1 Å². The first-order valence-electron chi connectivity index (χ1n) is 8.16. The summed E-state index contributed by atoms with van der Waals surface area (Å²) in [7, 11) is 6.51. The molecule has 0 aromatic heterocycles. The number of hydrogen-bond acceptors (Lipinski definition) is 3. The Morgan fingerprint density at radius 2 is 1.71 bits per heavy atom. The van der Waals surface area contributed by atoms with Crippen LogP contribution >= 0.6 is 0 Å². The molecule has 0 aliphatic heterocycles. The Morgan fingerprint density at radius 1 is 1.05 bits per heavy atom. The Labute approximate surface area is 131 Å². The fourth-order valence-electron chi connectivity index (χ4n) is 2.87. The van der Waals surface area contributed by atoms with Gasteiger partial charge in [0.15, 0.2) is 0 Å². The van der Waals surface area contributed by atoms with Gasteiger partial charge in [-0.3, -0.25) is 0 Å². The lowest BCUT2D eigenvalue weighted by molar-refractivity contribution is 0.237. The van der Waals surface area contributed by atoms with Gasteiger partial charge in [0.05, 0.1) is 0 Å². The van der Waals surface area contributed by atoms with E-state index < -0.39 is 0 Å². The zero-order valence-corrected chi connectivity index (χ0v) is 14.5. The average Bonchev–Trinajstić information content (AvgIpc) is 2.45. The van der Waals surface area contributed by atoms with Crippen LogP contribution in [0.2, 0.25) is 0 Å². The van der Waals surface area contributed by atoms with E-state index in [2.05, 4.69) is 80.4 Å². The highest BCUT2D eigenvalue weighted by atomic mass is 15.1.